The van der Waals surface area contributed by atoms with Gasteiger partial charge < -0.3 is 5.32 Å². The molecular weight excluding hydrogens is 320 g/mol. The molecule has 5 heteroatoms. The number of hydrogen-bond donors (Lipinski definition) is 1. The van der Waals surface area contributed by atoms with E-state index in [-0.39, 0.29) is 6.04 Å². The quantitative estimate of drug-likeness (QED) is 0.797. The van der Waals surface area contributed by atoms with Crippen LogP contribution in [0.1, 0.15) is 23.4 Å². The van der Waals surface area contributed by atoms with Crippen molar-refractivity contribution in [2.45, 2.75) is 19.9 Å². The van der Waals surface area contributed by atoms with Crippen LogP contribution in [0.3, 0.4) is 0 Å². The standard InChI is InChI=1S/C12H12BrClN2S/c1-7-3-5-15-12(14)10(7)16-8(2)11-9(13)4-6-17-11/h3-6,8,16H,1-2H3. The first-order valence-electron chi connectivity index (χ1n) is 5.20. The van der Waals surface area contributed by atoms with Crippen LogP contribution in [0.2, 0.25) is 5.15 Å². The van der Waals surface area contributed by atoms with E-state index in [0.29, 0.717) is 5.15 Å². The molecule has 2 rings (SSSR count). The fourth-order valence-corrected chi connectivity index (χ4v) is 3.58. The van der Waals surface area contributed by atoms with E-state index in [4.69, 9.17) is 11.6 Å². The predicted molar refractivity (Wildman–Crippen MR) is 78.0 cm³/mol. The van der Waals surface area contributed by atoms with Crippen molar-refractivity contribution in [3.05, 3.63) is 43.8 Å². The summed E-state index contributed by atoms with van der Waals surface area (Å²) in [5.41, 5.74) is 2.01. The Labute approximate surface area is 118 Å². The van der Waals surface area contributed by atoms with Crippen LogP contribution in [-0.4, -0.2) is 4.98 Å². The van der Waals surface area contributed by atoms with Crippen molar-refractivity contribution in [1.82, 2.24) is 4.98 Å². The topological polar surface area (TPSA) is 24.9 Å². The smallest absolute Gasteiger partial charge is 0.152 e. The van der Waals surface area contributed by atoms with E-state index in [1.54, 1.807) is 17.5 Å². The number of thiophene rings is 1. The summed E-state index contributed by atoms with van der Waals surface area (Å²) in [5.74, 6) is 0. The number of aryl methyl sites for hydroxylation is 1. The van der Waals surface area contributed by atoms with Gasteiger partial charge in [-0.1, -0.05) is 11.6 Å². The van der Waals surface area contributed by atoms with Crippen LogP contribution in [0.25, 0.3) is 0 Å². The molecule has 0 saturated heterocycles. The second kappa shape index (κ2) is 5.38. The van der Waals surface area contributed by atoms with Crippen LogP contribution >= 0.6 is 38.9 Å². The van der Waals surface area contributed by atoms with Crippen LogP contribution in [0.4, 0.5) is 5.69 Å². The maximum Gasteiger partial charge on any atom is 0.152 e. The first-order chi connectivity index (χ1) is 8.09. The van der Waals surface area contributed by atoms with Crippen molar-refractivity contribution in [2.75, 3.05) is 5.32 Å². The Kier molecular flexibility index (Phi) is 4.07. The summed E-state index contributed by atoms with van der Waals surface area (Å²) in [6, 6.07) is 4.20. The third-order valence-electron chi connectivity index (χ3n) is 2.51. The maximum absolute atomic E-state index is 6.09. The van der Waals surface area contributed by atoms with E-state index in [1.807, 2.05) is 13.0 Å². The van der Waals surface area contributed by atoms with Crippen molar-refractivity contribution in [3.8, 4) is 0 Å². The zero-order chi connectivity index (χ0) is 12.4. The Balaban J connectivity index is 2.25. The number of hydrogen-bond acceptors (Lipinski definition) is 3. The molecule has 2 aromatic rings. The van der Waals surface area contributed by atoms with Gasteiger partial charge in [0.1, 0.15) is 0 Å². The number of pyridine rings is 1. The minimum Gasteiger partial charge on any atom is -0.375 e. The van der Waals surface area contributed by atoms with E-state index in [9.17, 15) is 0 Å². The number of halogens is 2. The lowest BCUT2D eigenvalue weighted by Gasteiger charge is -2.17. The van der Waals surface area contributed by atoms with Gasteiger partial charge in [-0.2, -0.15) is 0 Å². The molecule has 0 aromatic carbocycles. The Bertz CT molecular complexity index is 507. The number of nitrogens with zero attached hydrogens (tertiary/aromatic N) is 1. The van der Waals surface area contributed by atoms with Gasteiger partial charge in [-0.15, -0.1) is 11.3 Å². The molecule has 2 nitrogen and oxygen atoms in total. The average molecular weight is 332 g/mol. The molecule has 0 radical (unpaired) electrons. The number of aromatic nitrogens is 1. The molecule has 1 N–H and O–H groups in total. The van der Waals surface area contributed by atoms with E-state index in [1.165, 1.54) is 4.88 Å². The van der Waals surface area contributed by atoms with Crippen LogP contribution in [0.15, 0.2) is 28.2 Å². The van der Waals surface area contributed by atoms with Crippen LogP contribution in [-0.2, 0) is 0 Å². The third kappa shape index (κ3) is 2.81. The SMILES string of the molecule is Cc1ccnc(Cl)c1NC(C)c1sccc1Br. The summed E-state index contributed by atoms with van der Waals surface area (Å²) >= 11 is 11.3. The van der Waals surface area contributed by atoms with Crippen molar-refractivity contribution in [1.29, 1.82) is 0 Å². The van der Waals surface area contributed by atoms with Gasteiger partial charge in [0, 0.05) is 15.5 Å². The number of anilines is 1. The monoisotopic (exact) mass is 330 g/mol. The lowest BCUT2D eigenvalue weighted by molar-refractivity contribution is 0.898. The van der Waals surface area contributed by atoms with Gasteiger partial charge in [-0.3, -0.25) is 0 Å². The molecule has 1 unspecified atom stereocenters. The molecule has 0 fully saturated rings. The molecule has 0 aliphatic rings. The van der Waals surface area contributed by atoms with Gasteiger partial charge in [-0.25, -0.2) is 4.98 Å². The molecule has 0 bridgehead atoms. The van der Waals surface area contributed by atoms with Crippen molar-refractivity contribution < 1.29 is 0 Å². The van der Waals surface area contributed by atoms with Crippen molar-refractivity contribution >= 4 is 44.6 Å². The maximum atomic E-state index is 6.09. The van der Waals surface area contributed by atoms with Crippen molar-refractivity contribution in [3.63, 3.8) is 0 Å². The highest BCUT2D eigenvalue weighted by Crippen LogP contribution is 2.33. The Morgan fingerprint density at radius 1 is 1.47 bits per heavy atom. The molecule has 90 valence electrons. The molecular formula is C12H12BrClN2S. The van der Waals surface area contributed by atoms with Crippen LogP contribution in [0, 0.1) is 6.92 Å². The average Bonchev–Trinajstić information content (AvgIpc) is 2.70. The van der Waals surface area contributed by atoms with E-state index >= 15 is 0 Å². The summed E-state index contributed by atoms with van der Waals surface area (Å²) < 4.78 is 1.13. The first-order valence-corrected chi connectivity index (χ1v) is 7.25. The molecule has 1 atom stereocenters. The summed E-state index contributed by atoms with van der Waals surface area (Å²) in [4.78, 5) is 5.35. The fraction of sp³-hybridized carbons (Fsp3) is 0.250. The summed E-state index contributed by atoms with van der Waals surface area (Å²) in [6.45, 7) is 4.13. The van der Waals surface area contributed by atoms with Gasteiger partial charge in [0.05, 0.1) is 11.7 Å². The minimum absolute atomic E-state index is 0.199. The highest BCUT2D eigenvalue weighted by molar-refractivity contribution is 9.10. The molecule has 0 amide bonds. The minimum atomic E-state index is 0.199. The van der Waals surface area contributed by atoms with E-state index in [0.717, 1.165) is 15.7 Å². The molecule has 0 spiro atoms. The van der Waals surface area contributed by atoms with E-state index < -0.39 is 0 Å². The molecule has 0 aliphatic heterocycles. The highest BCUT2D eigenvalue weighted by Gasteiger charge is 2.13. The van der Waals surface area contributed by atoms with Crippen LogP contribution in [0.5, 0.6) is 0 Å². The van der Waals surface area contributed by atoms with Gasteiger partial charge in [0.2, 0.25) is 0 Å². The lowest BCUT2D eigenvalue weighted by Crippen LogP contribution is -2.07. The van der Waals surface area contributed by atoms with Gasteiger partial charge in [0.15, 0.2) is 5.15 Å². The zero-order valence-electron chi connectivity index (χ0n) is 9.50. The lowest BCUT2D eigenvalue weighted by atomic mass is 10.2. The second-order valence-electron chi connectivity index (χ2n) is 3.79. The van der Waals surface area contributed by atoms with Gasteiger partial charge in [-0.05, 0) is 52.9 Å². The first kappa shape index (κ1) is 12.9. The van der Waals surface area contributed by atoms with Gasteiger partial charge in [0.25, 0.3) is 0 Å². The Morgan fingerprint density at radius 2 is 2.24 bits per heavy atom. The molecule has 0 saturated carbocycles. The summed E-state index contributed by atoms with van der Waals surface area (Å²) in [6.07, 6.45) is 1.72. The Morgan fingerprint density at radius 3 is 2.82 bits per heavy atom. The fourth-order valence-electron chi connectivity index (χ4n) is 1.59. The molecule has 17 heavy (non-hydrogen) atoms. The van der Waals surface area contributed by atoms with Crippen LogP contribution < -0.4 is 5.32 Å². The largest absolute Gasteiger partial charge is 0.375 e. The predicted octanol–water partition coefficient (Wildman–Crippen LogP) is 5.04. The normalized spacial score (nSPS) is 12.5. The molecule has 0 aliphatic carbocycles. The van der Waals surface area contributed by atoms with Crippen molar-refractivity contribution in [2.24, 2.45) is 0 Å². The Hall–Kier alpha value is -0.580. The third-order valence-corrected chi connectivity index (χ3v) is 4.85. The number of nitrogens with one attached hydrogen (secondary N) is 1. The second-order valence-corrected chi connectivity index (χ2v) is 5.95. The summed E-state index contributed by atoms with van der Waals surface area (Å²) in [7, 11) is 0. The highest BCUT2D eigenvalue weighted by atomic mass is 79.9. The molecule has 2 aromatic heterocycles. The van der Waals surface area contributed by atoms with Gasteiger partial charge >= 0.3 is 0 Å². The van der Waals surface area contributed by atoms with E-state index in [2.05, 4.69) is 44.6 Å². The zero-order valence-corrected chi connectivity index (χ0v) is 12.7. The summed E-state index contributed by atoms with van der Waals surface area (Å²) in [5, 5.41) is 5.99. The molecule has 2 heterocycles. The number of rotatable bonds is 3.